The first-order valence-corrected chi connectivity index (χ1v) is 7.40. The molecule has 2 heterocycles. The second kappa shape index (κ2) is 6.85. The average Bonchev–Trinajstić information content (AvgIpc) is 2.92. The first-order chi connectivity index (χ1) is 8.78. The van der Waals surface area contributed by atoms with Crippen LogP contribution in [0.1, 0.15) is 32.6 Å². The molecule has 2 aliphatic heterocycles. The van der Waals surface area contributed by atoms with Crippen molar-refractivity contribution in [3.8, 4) is 0 Å². The zero-order valence-corrected chi connectivity index (χ0v) is 11.7. The molecule has 0 saturated carbocycles. The van der Waals surface area contributed by atoms with Crippen LogP contribution in [-0.2, 0) is 9.47 Å². The van der Waals surface area contributed by atoms with Crippen LogP contribution >= 0.6 is 0 Å². The molecular formula is C14H28N2O2. The molecule has 2 N–H and O–H groups in total. The highest BCUT2D eigenvalue weighted by Gasteiger charge is 2.33. The maximum Gasteiger partial charge on any atom is 0.0702 e. The number of nitrogens with zero attached hydrogens (tertiary/aromatic N) is 1. The summed E-state index contributed by atoms with van der Waals surface area (Å²) in [5.41, 5.74) is 6.31. The van der Waals surface area contributed by atoms with Crippen LogP contribution in [0.4, 0.5) is 0 Å². The number of nitrogens with two attached hydrogens (primary N) is 1. The number of rotatable bonds is 6. The smallest absolute Gasteiger partial charge is 0.0702 e. The number of hydrogen-bond donors (Lipinski definition) is 1. The minimum atomic E-state index is 0.271. The molecular weight excluding hydrogens is 228 g/mol. The van der Waals surface area contributed by atoms with Crippen molar-refractivity contribution in [2.75, 3.05) is 46.0 Å². The maximum absolute atomic E-state index is 6.04. The summed E-state index contributed by atoms with van der Waals surface area (Å²) < 4.78 is 11.2. The lowest BCUT2D eigenvalue weighted by molar-refractivity contribution is -0.00898. The molecule has 2 fully saturated rings. The summed E-state index contributed by atoms with van der Waals surface area (Å²) in [6, 6.07) is 0. The lowest BCUT2D eigenvalue weighted by atomic mass is 9.79. The van der Waals surface area contributed by atoms with Crippen molar-refractivity contribution in [2.24, 2.45) is 11.1 Å². The minimum absolute atomic E-state index is 0.271. The highest BCUT2D eigenvalue weighted by molar-refractivity contribution is 4.86. The highest BCUT2D eigenvalue weighted by Crippen LogP contribution is 2.30. The molecule has 106 valence electrons. The van der Waals surface area contributed by atoms with Gasteiger partial charge in [-0.25, -0.2) is 0 Å². The minimum Gasteiger partial charge on any atom is -0.381 e. The Morgan fingerprint density at radius 3 is 2.61 bits per heavy atom. The van der Waals surface area contributed by atoms with Gasteiger partial charge in [0, 0.05) is 32.9 Å². The van der Waals surface area contributed by atoms with E-state index in [4.69, 9.17) is 15.2 Å². The van der Waals surface area contributed by atoms with E-state index in [0.29, 0.717) is 6.10 Å². The molecule has 0 amide bonds. The number of ether oxygens (including phenoxy) is 2. The molecule has 2 aliphatic rings. The van der Waals surface area contributed by atoms with E-state index in [0.717, 1.165) is 58.8 Å². The molecule has 4 heteroatoms. The number of hydrogen-bond acceptors (Lipinski definition) is 4. The first kappa shape index (κ1) is 14.3. The Morgan fingerprint density at radius 1 is 1.28 bits per heavy atom. The molecule has 0 spiro atoms. The fourth-order valence-electron chi connectivity index (χ4n) is 3.09. The third kappa shape index (κ3) is 3.67. The van der Waals surface area contributed by atoms with Crippen molar-refractivity contribution in [3.05, 3.63) is 0 Å². The van der Waals surface area contributed by atoms with Crippen LogP contribution in [0.15, 0.2) is 0 Å². The third-order valence-electron chi connectivity index (χ3n) is 4.48. The van der Waals surface area contributed by atoms with Crippen LogP contribution in [0.2, 0.25) is 0 Å². The second-order valence-electron chi connectivity index (χ2n) is 5.78. The molecule has 0 aromatic carbocycles. The molecule has 2 saturated heterocycles. The Labute approximate surface area is 111 Å². The summed E-state index contributed by atoms with van der Waals surface area (Å²) in [6.45, 7) is 8.95. The van der Waals surface area contributed by atoms with Crippen molar-refractivity contribution in [3.63, 3.8) is 0 Å². The molecule has 0 aromatic heterocycles. The van der Waals surface area contributed by atoms with E-state index in [1.165, 1.54) is 12.8 Å². The Balaban J connectivity index is 1.86. The Morgan fingerprint density at radius 2 is 2.06 bits per heavy atom. The van der Waals surface area contributed by atoms with E-state index in [2.05, 4.69) is 11.8 Å². The van der Waals surface area contributed by atoms with Gasteiger partial charge in [0.1, 0.15) is 0 Å². The Hall–Kier alpha value is -0.160. The molecule has 0 bridgehead atoms. The molecule has 0 radical (unpaired) electrons. The summed E-state index contributed by atoms with van der Waals surface area (Å²) in [4.78, 5) is 2.52. The SMILES string of the molecule is CCN(CC1CCCO1)CC1(CN)CCOCC1. The van der Waals surface area contributed by atoms with Crippen LogP contribution < -0.4 is 5.73 Å². The van der Waals surface area contributed by atoms with Gasteiger partial charge >= 0.3 is 0 Å². The fraction of sp³-hybridized carbons (Fsp3) is 1.00. The van der Waals surface area contributed by atoms with E-state index in [9.17, 15) is 0 Å². The fourth-order valence-corrected chi connectivity index (χ4v) is 3.09. The van der Waals surface area contributed by atoms with E-state index in [1.54, 1.807) is 0 Å². The summed E-state index contributed by atoms with van der Waals surface area (Å²) in [5, 5.41) is 0. The highest BCUT2D eigenvalue weighted by atomic mass is 16.5. The molecule has 2 rings (SSSR count). The van der Waals surface area contributed by atoms with Crippen LogP contribution in [-0.4, -0.2) is 57.0 Å². The lowest BCUT2D eigenvalue weighted by Gasteiger charge is -2.40. The first-order valence-electron chi connectivity index (χ1n) is 7.40. The summed E-state index contributed by atoms with van der Waals surface area (Å²) in [7, 11) is 0. The molecule has 0 aliphatic carbocycles. The molecule has 4 nitrogen and oxygen atoms in total. The van der Waals surface area contributed by atoms with Crippen LogP contribution in [0.3, 0.4) is 0 Å². The zero-order valence-electron chi connectivity index (χ0n) is 11.7. The van der Waals surface area contributed by atoms with Crippen molar-refractivity contribution >= 4 is 0 Å². The normalized spacial score (nSPS) is 27.8. The number of likely N-dealkylation sites (N-methyl/N-ethyl adjacent to an activating group) is 1. The summed E-state index contributed by atoms with van der Waals surface area (Å²) in [6.07, 6.45) is 5.09. The largest absolute Gasteiger partial charge is 0.381 e. The molecule has 1 unspecified atom stereocenters. The van der Waals surface area contributed by atoms with Crippen LogP contribution in [0.5, 0.6) is 0 Å². The molecule has 0 aromatic rings. The predicted octanol–water partition coefficient (Wildman–Crippen LogP) is 1.24. The van der Waals surface area contributed by atoms with Gasteiger partial charge in [-0.3, -0.25) is 0 Å². The van der Waals surface area contributed by atoms with Crippen LogP contribution in [0.25, 0.3) is 0 Å². The van der Waals surface area contributed by atoms with Crippen molar-refractivity contribution < 1.29 is 9.47 Å². The lowest BCUT2D eigenvalue weighted by Crippen LogP contribution is -2.47. The van der Waals surface area contributed by atoms with Gasteiger partial charge in [-0.15, -0.1) is 0 Å². The standard InChI is InChI=1S/C14H28N2O2/c1-2-16(10-13-4-3-7-18-13)12-14(11-15)5-8-17-9-6-14/h13H,2-12,15H2,1H3. The quantitative estimate of drug-likeness (QED) is 0.777. The van der Waals surface area contributed by atoms with Gasteiger partial charge in [0.2, 0.25) is 0 Å². The predicted molar refractivity (Wildman–Crippen MR) is 72.6 cm³/mol. The third-order valence-corrected chi connectivity index (χ3v) is 4.48. The van der Waals surface area contributed by atoms with E-state index in [-0.39, 0.29) is 5.41 Å². The average molecular weight is 256 g/mol. The topological polar surface area (TPSA) is 47.7 Å². The van der Waals surface area contributed by atoms with Crippen molar-refractivity contribution in [2.45, 2.75) is 38.7 Å². The van der Waals surface area contributed by atoms with E-state index < -0.39 is 0 Å². The van der Waals surface area contributed by atoms with Crippen molar-refractivity contribution in [1.82, 2.24) is 4.90 Å². The second-order valence-corrected chi connectivity index (χ2v) is 5.78. The van der Waals surface area contributed by atoms with Crippen molar-refractivity contribution in [1.29, 1.82) is 0 Å². The van der Waals surface area contributed by atoms with E-state index >= 15 is 0 Å². The maximum atomic E-state index is 6.04. The van der Waals surface area contributed by atoms with Gasteiger partial charge in [0.05, 0.1) is 6.10 Å². The monoisotopic (exact) mass is 256 g/mol. The van der Waals surface area contributed by atoms with Gasteiger partial charge in [0.15, 0.2) is 0 Å². The van der Waals surface area contributed by atoms with Gasteiger partial charge in [-0.1, -0.05) is 6.92 Å². The summed E-state index contributed by atoms with van der Waals surface area (Å²) in [5.74, 6) is 0. The van der Waals surface area contributed by atoms with Gasteiger partial charge in [-0.05, 0) is 44.2 Å². The van der Waals surface area contributed by atoms with Gasteiger partial charge in [0.25, 0.3) is 0 Å². The Bertz CT molecular complexity index is 236. The summed E-state index contributed by atoms with van der Waals surface area (Å²) >= 11 is 0. The van der Waals surface area contributed by atoms with Crippen LogP contribution in [0, 0.1) is 5.41 Å². The molecule has 18 heavy (non-hydrogen) atoms. The Kier molecular flexibility index (Phi) is 5.42. The van der Waals surface area contributed by atoms with Gasteiger partial charge < -0.3 is 20.1 Å². The van der Waals surface area contributed by atoms with Gasteiger partial charge in [-0.2, -0.15) is 0 Å². The van der Waals surface area contributed by atoms with E-state index in [1.807, 2.05) is 0 Å². The zero-order chi connectivity index (χ0) is 12.8. The molecule has 1 atom stereocenters.